The van der Waals surface area contributed by atoms with E-state index >= 15 is 0 Å². The largest absolute Gasteiger partial charge is 0.481 e. The molecule has 0 atom stereocenters. The van der Waals surface area contributed by atoms with E-state index in [0.29, 0.717) is 26.9 Å². The van der Waals surface area contributed by atoms with E-state index in [1.54, 1.807) is 42.5 Å². The van der Waals surface area contributed by atoms with Crippen molar-refractivity contribution >= 4 is 58.2 Å². The van der Waals surface area contributed by atoms with Crippen molar-refractivity contribution in [2.24, 2.45) is 0 Å². The number of hydrogen-bond acceptors (Lipinski definition) is 5. The van der Waals surface area contributed by atoms with E-state index in [0.717, 1.165) is 16.7 Å². The molecule has 2 amide bonds. The highest BCUT2D eigenvalue weighted by molar-refractivity contribution is 8.18. The summed E-state index contributed by atoms with van der Waals surface area (Å²) in [5, 5.41) is 9.09. The molecule has 1 aliphatic heterocycles. The number of para-hydroxylation sites is 1. The van der Waals surface area contributed by atoms with Crippen LogP contribution in [0.3, 0.4) is 0 Å². The van der Waals surface area contributed by atoms with Crippen molar-refractivity contribution in [1.82, 2.24) is 4.90 Å². The Morgan fingerprint density at radius 3 is 2.61 bits per heavy atom. The molecule has 0 spiro atoms. The van der Waals surface area contributed by atoms with Gasteiger partial charge in [-0.2, -0.15) is 0 Å². The van der Waals surface area contributed by atoms with Crippen LogP contribution in [0.1, 0.15) is 11.1 Å². The summed E-state index contributed by atoms with van der Waals surface area (Å²) >= 11 is 12.7. The Bertz CT molecular complexity index is 992. The van der Waals surface area contributed by atoms with Crippen LogP contribution in [0.2, 0.25) is 10.0 Å². The fraction of sp³-hybridized carbons (Fsp3) is 0.105. The first-order valence-corrected chi connectivity index (χ1v) is 9.55. The Hall–Kier alpha value is -2.48. The Morgan fingerprint density at radius 2 is 1.89 bits per heavy atom. The van der Waals surface area contributed by atoms with Crippen molar-refractivity contribution in [2.75, 3.05) is 6.61 Å². The van der Waals surface area contributed by atoms with Gasteiger partial charge in [-0.15, -0.1) is 0 Å². The van der Waals surface area contributed by atoms with Crippen LogP contribution in [0.15, 0.2) is 47.4 Å². The van der Waals surface area contributed by atoms with Crippen LogP contribution in [0.25, 0.3) is 6.08 Å². The van der Waals surface area contributed by atoms with Gasteiger partial charge in [0.1, 0.15) is 5.75 Å². The molecule has 0 aromatic heterocycles. The molecule has 3 rings (SSSR count). The van der Waals surface area contributed by atoms with E-state index in [1.807, 2.05) is 0 Å². The van der Waals surface area contributed by atoms with Crippen LogP contribution in [0, 0.1) is 0 Å². The molecule has 1 fully saturated rings. The number of carboxylic acid groups (broad SMARTS) is 1. The molecule has 28 heavy (non-hydrogen) atoms. The average Bonchev–Trinajstić information content (AvgIpc) is 2.91. The topological polar surface area (TPSA) is 83.9 Å². The molecule has 0 radical (unpaired) electrons. The van der Waals surface area contributed by atoms with Crippen molar-refractivity contribution in [2.45, 2.75) is 6.54 Å². The maximum absolute atomic E-state index is 12.7. The first-order valence-electron chi connectivity index (χ1n) is 7.98. The van der Waals surface area contributed by atoms with Crippen molar-refractivity contribution in [1.29, 1.82) is 0 Å². The normalized spacial score (nSPS) is 15.4. The molecule has 2 aromatic carbocycles. The molecule has 144 valence electrons. The molecule has 0 saturated carbocycles. The molecule has 0 aliphatic carbocycles. The number of ether oxygens (including phenoxy) is 1. The van der Waals surface area contributed by atoms with E-state index < -0.39 is 23.7 Å². The summed E-state index contributed by atoms with van der Waals surface area (Å²) in [6, 6.07) is 11.6. The van der Waals surface area contributed by atoms with Crippen LogP contribution in [0.4, 0.5) is 4.79 Å². The molecule has 1 heterocycles. The zero-order valence-corrected chi connectivity index (χ0v) is 16.6. The number of nitrogens with zero attached hydrogens (tertiary/aromatic N) is 1. The lowest BCUT2D eigenvalue weighted by Crippen LogP contribution is -2.27. The molecule has 1 saturated heterocycles. The van der Waals surface area contributed by atoms with Gasteiger partial charge in [0.2, 0.25) is 0 Å². The first kappa shape index (κ1) is 20.3. The minimum atomic E-state index is -1.11. The van der Waals surface area contributed by atoms with E-state index in [9.17, 15) is 14.4 Å². The Labute approximate surface area is 174 Å². The van der Waals surface area contributed by atoms with E-state index in [4.69, 9.17) is 33.0 Å². The molecular weight excluding hydrogens is 425 g/mol. The number of rotatable bonds is 6. The lowest BCUT2D eigenvalue weighted by atomic mass is 10.1. The Kier molecular flexibility index (Phi) is 6.28. The van der Waals surface area contributed by atoms with Crippen molar-refractivity contribution in [3.63, 3.8) is 0 Å². The Morgan fingerprint density at radius 1 is 1.14 bits per heavy atom. The quantitative estimate of drug-likeness (QED) is 0.659. The summed E-state index contributed by atoms with van der Waals surface area (Å²) in [4.78, 5) is 37.0. The smallest absolute Gasteiger partial charge is 0.341 e. The summed E-state index contributed by atoms with van der Waals surface area (Å²) < 4.78 is 5.23. The maximum Gasteiger partial charge on any atom is 0.341 e. The number of thioether (sulfide) groups is 1. The maximum atomic E-state index is 12.7. The number of halogens is 2. The van der Waals surface area contributed by atoms with Crippen LogP contribution in [-0.4, -0.2) is 33.7 Å². The number of hydrogen-bond donors (Lipinski definition) is 1. The first-order chi connectivity index (χ1) is 13.3. The van der Waals surface area contributed by atoms with Gasteiger partial charge in [-0.3, -0.25) is 14.5 Å². The summed E-state index contributed by atoms with van der Waals surface area (Å²) in [6.45, 7) is -0.445. The van der Waals surface area contributed by atoms with Gasteiger partial charge in [-0.25, -0.2) is 4.79 Å². The van der Waals surface area contributed by atoms with Gasteiger partial charge < -0.3 is 9.84 Å². The van der Waals surface area contributed by atoms with Gasteiger partial charge >= 0.3 is 5.97 Å². The molecule has 9 heteroatoms. The summed E-state index contributed by atoms with van der Waals surface area (Å²) in [6.07, 6.45) is 1.51. The second-order valence-electron chi connectivity index (χ2n) is 5.74. The van der Waals surface area contributed by atoms with Crippen LogP contribution >= 0.6 is 35.0 Å². The standard InChI is InChI=1S/C19H13Cl2NO5S/c20-13-6-5-11(7-14(13)21)9-22-18(25)16(28-19(22)26)8-12-3-1-2-4-15(12)27-10-17(23)24/h1-8H,9-10H2,(H,23,24)/b16-8+. The zero-order chi connectivity index (χ0) is 20.3. The predicted molar refractivity (Wildman–Crippen MR) is 108 cm³/mol. The number of imide groups is 1. The minimum Gasteiger partial charge on any atom is -0.481 e. The number of benzene rings is 2. The summed E-state index contributed by atoms with van der Waals surface area (Å²) in [5.74, 6) is -1.26. The number of carbonyl (C=O) groups excluding carboxylic acids is 2. The molecule has 2 aromatic rings. The second kappa shape index (κ2) is 8.68. The third-order valence-electron chi connectivity index (χ3n) is 3.76. The van der Waals surface area contributed by atoms with Gasteiger partial charge in [-0.1, -0.05) is 47.5 Å². The van der Waals surface area contributed by atoms with Crippen LogP contribution < -0.4 is 4.74 Å². The van der Waals surface area contributed by atoms with Gasteiger partial charge in [0.05, 0.1) is 21.5 Å². The lowest BCUT2D eigenvalue weighted by Gasteiger charge is -2.13. The number of amides is 2. The van der Waals surface area contributed by atoms with Gasteiger partial charge in [0.15, 0.2) is 6.61 Å². The van der Waals surface area contributed by atoms with E-state index in [2.05, 4.69) is 0 Å². The number of carboxylic acids is 1. The minimum absolute atomic E-state index is 0.0655. The Balaban J connectivity index is 1.81. The monoisotopic (exact) mass is 437 g/mol. The summed E-state index contributed by atoms with van der Waals surface area (Å²) in [7, 11) is 0. The number of carbonyl (C=O) groups is 3. The highest BCUT2D eigenvalue weighted by atomic mass is 35.5. The molecule has 1 aliphatic rings. The average molecular weight is 438 g/mol. The van der Waals surface area contributed by atoms with Gasteiger partial charge in [0, 0.05) is 5.56 Å². The van der Waals surface area contributed by atoms with E-state index in [-0.39, 0.29) is 11.4 Å². The summed E-state index contributed by atoms with van der Waals surface area (Å²) in [5.41, 5.74) is 1.17. The fourth-order valence-electron chi connectivity index (χ4n) is 2.47. The molecular formula is C19H13Cl2NO5S. The molecule has 6 nitrogen and oxygen atoms in total. The highest BCUT2D eigenvalue weighted by Gasteiger charge is 2.35. The predicted octanol–water partition coefficient (Wildman–Crippen LogP) is 4.69. The van der Waals surface area contributed by atoms with Gasteiger partial charge in [-0.05, 0) is 41.6 Å². The van der Waals surface area contributed by atoms with Crippen molar-refractivity contribution in [3.05, 3.63) is 68.5 Å². The second-order valence-corrected chi connectivity index (χ2v) is 7.54. The van der Waals surface area contributed by atoms with Crippen molar-refractivity contribution in [3.8, 4) is 5.75 Å². The van der Waals surface area contributed by atoms with E-state index in [1.165, 1.54) is 6.08 Å². The molecule has 0 bridgehead atoms. The van der Waals surface area contributed by atoms with Crippen molar-refractivity contribution < 1.29 is 24.2 Å². The van der Waals surface area contributed by atoms with Crippen LogP contribution in [-0.2, 0) is 16.1 Å². The fourth-order valence-corrected chi connectivity index (χ4v) is 3.62. The zero-order valence-electron chi connectivity index (χ0n) is 14.2. The third kappa shape index (κ3) is 4.67. The molecule has 0 unspecified atom stereocenters. The highest BCUT2D eigenvalue weighted by Crippen LogP contribution is 2.35. The van der Waals surface area contributed by atoms with Crippen LogP contribution in [0.5, 0.6) is 5.75 Å². The van der Waals surface area contributed by atoms with Gasteiger partial charge in [0.25, 0.3) is 11.1 Å². The molecule has 1 N–H and O–H groups in total. The number of aliphatic carboxylic acids is 1. The SMILES string of the molecule is O=C(O)COc1ccccc1/C=C1/SC(=O)N(Cc2ccc(Cl)c(Cl)c2)C1=O. The lowest BCUT2D eigenvalue weighted by molar-refractivity contribution is -0.139. The third-order valence-corrected chi connectivity index (χ3v) is 5.40.